The van der Waals surface area contributed by atoms with E-state index in [0.717, 1.165) is 11.3 Å². The standard InChI is InChI=1S/C10H12ClN3/c1-10(2,3)7-6-9-12-5-4-8(11)14(9)13-7/h4-6H,1-3H3. The molecule has 0 aliphatic rings. The molecule has 0 spiro atoms. The van der Waals surface area contributed by atoms with Crippen molar-refractivity contribution in [2.24, 2.45) is 0 Å². The number of rotatable bonds is 0. The topological polar surface area (TPSA) is 30.2 Å². The van der Waals surface area contributed by atoms with Gasteiger partial charge in [0.15, 0.2) is 5.65 Å². The minimum absolute atomic E-state index is 0.0248. The van der Waals surface area contributed by atoms with Crippen LogP contribution in [0.15, 0.2) is 18.3 Å². The maximum absolute atomic E-state index is 5.98. The van der Waals surface area contributed by atoms with Gasteiger partial charge in [0, 0.05) is 17.7 Å². The third-order valence-electron chi connectivity index (χ3n) is 2.08. The summed E-state index contributed by atoms with van der Waals surface area (Å²) in [6.07, 6.45) is 1.69. The van der Waals surface area contributed by atoms with E-state index < -0.39 is 0 Å². The Labute approximate surface area is 87.7 Å². The number of hydrogen-bond donors (Lipinski definition) is 0. The molecule has 0 radical (unpaired) electrons. The largest absolute Gasteiger partial charge is 0.237 e. The van der Waals surface area contributed by atoms with Gasteiger partial charge in [-0.15, -0.1) is 0 Å². The predicted molar refractivity (Wildman–Crippen MR) is 56.7 cm³/mol. The molecule has 2 aromatic rings. The summed E-state index contributed by atoms with van der Waals surface area (Å²) < 4.78 is 1.65. The minimum Gasteiger partial charge on any atom is -0.237 e. The number of halogens is 1. The van der Waals surface area contributed by atoms with Crippen LogP contribution in [0.2, 0.25) is 5.15 Å². The Kier molecular flexibility index (Phi) is 2.00. The van der Waals surface area contributed by atoms with Gasteiger partial charge in [-0.25, -0.2) is 9.50 Å². The molecule has 0 saturated heterocycles. The van der Waals surface area contributed by atoms with Gasteiger partial charge in [-0.3, -0.25) is 0 Å². The van der Waals surface area contributed by atoms with Crippen LogP contribution in [-0.4, -0.2) is 14.6 Å². The van der Waals surface area contributed by atoms with Gasteiger partial charge in [-0.05, 0) is 6.07 Å². The summed E-state index contributed by atoms with van der Waals surface area (Å²) >= 11 is 5.98. The molecule has 0 amide bonds. The van der Waals surface area contributed by atoms with Crippen LogP contribution in [0.3, 0.4) is 0 Å². The van der Waals surface area contributed by atoms with Gasteiger partial charge in [0.05, 0.1) is 5.69 Å². The van der Waals surface area contributed by atoms with E-state index in [1.807, 2.05) is 6.07 Å². The van der Waals surface area contributed by atoms with Gasteiger partial charge in [0.25, 0.3) is 0 Å². The zero-order valence-corrected chi connectivity index (χ0v) is 9.21. The first-order chi connectivity index (χ1) is 6.48. The third kappa shape index (κ3) is 1.48. The van der Waals surface area contributed by atoms with Crippen molar-refractivity contribution in [2.75, 3.05) is 0 Å². The van der Waals surface area contributed by atoms with Crippen molar-refractivity contribution >= 4 is 17.2 Å². The second-order valence-corrected chi connectivity index (χ2v) is 4.70. The Morgan fingerprint density at radius 1 is 1.36 bits per heavy atom. The zero-order chi connectivity index (χ0) is 10.3. The summed E-state index contributed by atoms with van der Waals surface area (Å²) in [5.41, 5.74) is 1.82. The molecule has 0 fully saturated rings. The summed E-state index contributed by atoms with van der Waals surface area (Å²) in [6.45, 7) is 6.34. The summed E-state index contributed by atoms with van der Waals surface area (Å²) in [5, 5.41) is 4.99. The lowest BCUT2D eigenvalue weighted by Crippen LogP contribution is -2.11. The van der Waals surface area contributed by atoms with Crippen molar-refractivity contribution in [2.45, 2.75) is 26.2 Å². The molecule has 0 saturated carbocycles. The molecule has 4 heteroatoms. The highest BCUT2D eigenvalue weighted by atomic mass is 35.5. The Bertz CT molecular complexity index is 468. The van der Waals surface area contributed by atoms with Crippen molar-refractivity contribution in [1.29, 1.82) is 0 Å². The van der Waals surface area contributed by atoms with E-state index >= 15 is 0 Å². The molecule has 0 atom stereocenters. The average Bonchev–Trinajstić information content (AvgIpc) is 2.48. The van der Waals surface area contributed by atoms with E-state index in [1.165, 1.54) is 0 Å². The molecule has 14 heavy (non-hydrogen) atoms. The van der Waals surface area contributed by atoms with Crippen LogP contribution in [-0.2, 0) is 5.41 Å². The van der Waals surface area contributed by atoms with Gasteiger partial charge < -0.3 is 0 Å². The molecular weight excluding hydrogens is 198 g/mol. The summed E-state index contributed by atoms with van der Waals surface area (Å²) in [6, 6.07) is 3.69. The fourth-order valence-electron chi connectivity index (χ4n) is 1.23. The molecule has 0 bridgehead atoms. The molecule has 0 unspecified atom stereocenters. The van der Waals surface area contributed by atoms with Crippen LogP contribution in [0.5, 0.6) is 0 Å². The smallest absolute Gasteiger partial charge is 0.156 e. The molecule has 74 valence electrons. The molecule has 0 aliphatic carbocycles. The molecule has 0 aromatic carbocycles. The Morgan fingerprint density at radius 3 is 2.64 bits per heavy atom. The Hall–Kier alpha value is -1.09. The van der Waals surface area contributed by atoms with E-state index in [2.05, 4.69) is 30.9 Å². The van der Waals surface area contributed by atoms with Crippen LogP contribution >= 0.6 is 11.6 Å². The molecule has 2 aromatic heterocycles. The Balaban J connectivity index is 2.69. The molecule has 0 aliphatic heterocycles. The van der Waals surface area contributed by atoms with Gasteiger partial charge >= 0.3 is 0 Å². The second-order valence-electron chi connectivity index (χ2n) is 4.32. The minimum atomic E-state index is 0.0248. The summed E-state index contributed by atoms with van der Waals surface area (Å²) in [4.78, 5) is 4.19. The van der Waals surface area contributed by atoms with Crippen LogP contribution < -0.4 is 0 Å². The van der Waals surface area contributed by atoms with Gasteiger partial charge in [0.2, 0.25) is 0 Å². The first kappa shape index (κ1) is 9.46. The third-order valence-corrected chi connectivity index (χ3v) is 2.37. The quantitative estimate of drug-likeness (QED) is 0.625. The van der Waals surface area contributed by atoms with Crippen LogP contribution in [0.25, 0.3) is 5.65 Å². The van der Waals surface area contributed by atoms with E-state index in [9.17, 15) is 0 Å². The molecular formula is C10H12ClN3. The van der Waals surface area contributed by atoms with Crippen LogP contribution in [0, 0.1) is 0 Å². The molecule has 2 heterocycles. The first-order valence-electron chi connectivity index (χ1n) is 4.49. The Morgan fingerprint density at radius 2 is 2.07 bits per heavy atom. The fourth-order valence-corrected chi connectivity index (χ4v) is 1.41. The van der Waals surface area contributed by atoms with Crippen molar-refractivity contribution in [3.05, 3.63) is 29.2 Å². The highest BCUT2D eigenvalue weighted by Gasteiger charge is 2.18. The van der Waals surface area contributed by atoms with E-state index in [1.54, 1.807) is 16.8 Å². The first-order valence-corrected chi connectivity index (χ1v) is 4.87. The van der Waals surface area contributed by atoms with Crippen molar-refractivity contribution in [3.8, 4) is 0 Å². The van der Waals surface area contributed by atoms with Crippen LogP contribution in [0.1, 0.15) is 26.5 Å². The second kappa shape index (κ2) is 2.95. The van der Waals surface area contributed by atoms with Gasteiger partial charge in [-0.1, -0.05) is 32.4 Å². The van der Waals surface area contributed by atoms with E-state index in [4.69, 9.17) is 11.6 Å². The maximum Gasteiger partial charge on any atom is 0.156 e. The van der Waals surface area contributed by atoms with Crippen molar-refractivity contribution < 1.29 is 0 Å². The SMILES string of the molecule is CC(C)(C)c1cc2nccc(Cl)n2n1. The fraction of sp³-hybridized carbons (Fsp3) is 0.400. The van der Waals surface area contributed by atoms with Gasteiger partial charge in [0.1, 0.15) is 5.15 Å². The summed E-state index contributed by atoms with van der Waals surface area (Å²) in [7, 11) is 0. The molecule has 3 nitrogen and oxygen atoms in total. The number of hydrogen-bond acceptors (Lipinski definition) is 2. The summed E-state index contributed by atoms with van der Waals surface area (Å²) in [5.74, 6) is 0. The van der Waals surface area contributed by atoms with Crippen molar-refractivity contribution in [3.63, 3.8) is 0 Å². The van der Waals surface area contributed by atoms with Gasteiger partial charge in [-0.2, -0.15) is 5.10 Å². The normalized spacial score (nSPS) is 12.3. The highest BCUT2D eigenvalue weighted by Crippen LogP contribution is 2.22. The lowest BCUT2D eigenvalue weighted by molar-refractivity contribution is 0.562. The molecule has 2 rings (SSSR count). The zero-order valence-electron chi connectivity index (χ0n) is 8.45. The lowest BCUT2D eigenvalue weighted by atomic mass is 9.93. The monoisotopic (exact) mass is 209 g/mol. The van der Waals surface area contributed by atoms with Crippen molar-refractivity contribution in [1.82, 2.24) is 14.6 Å². The maximum atomic E-state index is 5.98. The molecule has 0 N–H and O–H groups in total. The lowest BCUT2D eigenvalue weighted by Gasteiger charge is -2.13. The number of fused-ring (bicyclic) bond motifs is 1. The van der Waals surface area contributed by atoms with E-state index in [-0.39, 0.29) is 5.41 Å². The van der Waals surface area contributed by atoms with E-state index in [0.29, 0.717) is 5.15 Å². The van der Waals surface area contributed by atoms with Crippen LogP contribution in [0.4, 0.5) is 0 Å². The number of aromatic nitrogens is 3. The predicted octanol–water partition coefficient (Wildman–Crippen LogP) is 2.68. The average molecular weight is 210 g/mol. The highest BCUT2D eigenvalue weighted by molar-refractivity contribution is 6.29. The number of nitrogens with zero attached hydrogens (tertiary/aromatic N) is 3.